The van der Waals surface area contributed by atoms with Gasteiger partial charge in [-0.25, -0.2) is 9.37 Å². The van der Waals surface area contributed by atoms with Crippen molar-refractivity contribution < 1.29 is 9.18 Å². The van der Waals surface area contributed by atoms with Crippen LogP contribution in [0.4, 0.5) is 4.39 Å². The van der Waals surface area contributed by atoms with Crippen LogP contribution in [0.5, 0.6) is 0 Å². The Morgan fingerprint density at radius 1 is 1.32 bits per heavy atom. The molecule has 6 heteroatoms. The maximum Gasteiger partial charge on any atom is 0.266 e. The minimum Gasteiger partial charge on any atom is -0.330 e. The summed E-state index contributed by atoms with van der Waals surface area (Å²) >= 11 is 3.04. The summed E-state index contributed by atoms with van der Waals surface area (Å²) in [5.41, 5.74) is 2.35. The number of thiazole rings is 1. The van der Waals surface area contributed by atoms with Gasteiger partial charge >= 0.3 is 0 Å². The fraction of sp³-hybridized carbons (Fsp3) is 0.263. The van der Waals surface area contributed by atoms with Gasteiger partial charge in [-0.05, 0) is 37.3 Å². The Labute approximate surface area is 153 Å². The summed E-state index contributed by atoms with van der Waals surface area (Å²) in [5, 5.41) is 4.90. The minimum atomic E-state index is -0.263. The molecule has 0 spiro atoms. The van der Waals surface area contributed by atoms with Gasteiger partial charge in [-0.2, -0.15) is 11.3 Å². The normalized spacial score (nSPS) is 13.8. The lowest BCUT2D eigenvalue weighted by Crippen LogP contribution is -2.32. The monoisotopic (exact) mass is 372 g/mol. The van der Waals surface area contributed by atoms with Crippen molar-refractivity contribution in [3.63, 3.8) is 0 Å². The number of halogens is 1. The van der Waals surface area contributed by atoms with E-state index < -0.39 is 0 Å². The van der Waals surface area contributed by atoms with E-state index in [1.54, 1.807) is 34.4 Å². The quantitative estimate of drug-likeness (QED) is 0.622. The topological polar surface area (TPSA) is 33.2 Å². The molecule has 0 unspecified atom stereocenters. The predicted molar refractivity (Wildman–Crippen MR) is 99.5 cm³/mol. The SMILES string of the molecule is Cc1nc(-c2ccsc2)sc1C(=O)N(Cc1ccccc1F)C1CC1. The van der Waals surface area contributed by atoms with Crippen LogP contribution in [0.2, 0.25) is 0 Å². The highest BCUT2D eigenvalue weighted by molar-refractivity contribution is 7.17. The molecule has 0 aliphatic heterocycles. The van der Waals surface area contributed by atoms with E-state index in [1.165, 1.54) is 17.4 Å². The van der Waals surface area contributed by atoms with Crippen molar-refractivity contribution in [2.45, 2.75) is 32.4 Å². The van der Waals surface area contributed by atoms with E-state index in [0.717, 1.165) is 29.1 Å². The number of hydrogen-bond acceptors (Lipinski definition) is 4. The van der Waals surface area contributed by atoms with E-state index in [1.807, 2.05) is 23.8 Å². The van der Waals surface area contributed by atoms with Gasteiger partial charge < -0.3 is 4.90 Å². The van der Waals surface area contributed by atoms with Gasteiger partial charge in [0, 0.05) is 29.1 Å². The third-order valence-corrected chi connectivity index (χ3v) is 6.18. The summed E-state index contributed by atoms with van der Waals surface area (Å²) < 4.78 is 14.0. The molecule has 0 N–H and O–H groups in total. The Bertz CT molecular complexity index is 900. The van der Waals surface area contributed by atoms with Crippen LogP contribution >= 0.6 is 22.7 Å². The minimum absolute atomic E-state index is 0.0396. The van der Waals surface area contributed by atoms with Gasteiger partial charge in [-0.1, -0.05) is 18.2 Å². The fourth-order valence-corrected chi connectivity index (χ4v) is 4.53. The molecule has 1 aliphatic rings. The zero-order valence-corrected chi connectivity index (χ0v) is 15.4. The Morgan fingerprint density at radius 3 is 2.80 bits per heavy atom. The Kier molecular flexibility index (Phi) is 4.39. The molecule has 2 heterocycles. The molecule has 25 heavy (non-hydrogen) atoms. The number of carbonyl (C=O) groups is 1. The predicted octanol–water partition coefficient (Wildman–Crippen LogP) is 5.12. The van der Waals surface area contributed by atoms with Gasteiger partial charge in [0.2, 0.25) is 0 Å². The molecule has 0 radical (unpaired) electrons. The van der Waals surface area contributed by atoms with Crippen molar-refractivity contribution >= 4 is 28.6 Å². The maximum absolute atomic E-state index is 14.0. The molecule has 1 fully saturated rings. The number of hydrogen-bond donors (Lipinski definition) is 0. The van der Waals surface area contributed by atoms with Crippen molar-refractivity contribution in [2.24, 2.45) is 0 Å². The molecular formula is C19H17FN2OS2. The molecular weight excluding hydrogens is 355 g/mol. The Morgan fingerprint density at radius 2 is 2.12 bits per heavy atom. The third kappa shape index (κ3) is 3.37. The summed E-state index contributed by atoms with van der Waals surface area (Å²) in [4.78, 5) is 20.1. The summed E-state index contributed by atoms with van der Waals surface area (Å²) in [7, 11) is 0. The molecule has 0 atom stereocenters. The molecule has 4 rings (SSSR count). The molecule has 1 aliphatic carbocycles. The number of carbonyl (C=O) groups excluding carboxylic acids is 1. The van der Waals surface area contributed by atoms with E-state index in [9.17, 15) is 9.18 Å². The lowest BCUT2D eigenvalue weighted by molar-refractivity contribution is 0.0732. The second-order valence-electron chi connectivity index (χ2n) is 6.20. The van der Waals surface area contributed by atoms with Crippen molar-refractivity contribution in [3.05, 3.63) is 63.0 Å². The molecule has 1 amide bonds. The average molecular weight is 372 g/mol. The van der Waals surface area contributed by atoms with Crippen LogP contribution in [0, 0.1) is 12.7 Å². The highest BCUT2D eigenvalue weighted by atomic mass is 32.1. The first-order valence-electron chi connectivity index (χ1n) is 8.18. The number of aryl methyl sites for hydroxylation is 1. The van der Waals surface area contributed by atoms with Crippen LogP contribution in [0.15, 0.2) is 41.1 Å². The van der Waals surface area contributed by atoms with E-state index in [-0.39, 0.29) is 17.8 Å². The van der Waals surface area contributed by atoms with Gasteiger partial charge in [-0.15, -0.1) is 11.3 Å². The van der Waals surface area contributed by atoms with Crippen LogP contribution < -0.4 is 0 Å². The summed E-state index contributed by atoms with van der Waals surface area (Å²) in [6.07, 6.45) is 1.96. The van der Waals surface area contributed by atoms with Gasteiger partial charge in [0.05, 0.1) is 5.69 Å². The number of amides is 1. The number of thiophene rings is 1. The summed E-state index contributed by atoms with van der Waals surface area (Å²) in [6.45, 7) is 2.18. The van der Waals surface area contributed by atoms with Gasteiger partial charge in [0.1, 0.15) is 15.7 Å². The smallest absolute Gasteiger partial charge is 0.266 e. The first kappa shape index (κ1) is 16.4. The molecule has 1 saturated carbocycles. The Balaban J connectivity index is 1.63. The molecule has 3 nitrogen and oxygen atoms in total. The lowest BCUT2D eigenvalue weighted by atomic mass is 10.2. The van der Waals surface area contributed by atoms with E-state index in [0.29, 0.717) is 17.0 Å². The van der Waals surface area contributed by atoms with Crippen molar-refractivity contribution in [1.82, 2.24) is 9.88 Å². The van der Waals surface area contributed by atoms with Crippen molar-refractivity contribution in [3.8, 4) is 10.6 Å². The standard InChI is InChI=1S/C19H17FN2OS2/c1-12-17(25-18(21-12)14-8-9-24-11-14)19(23)22(15-6-7-15)10-13-4-2-3-5-16(13)20/h2-5,8-9,11,15H,6-7,10H2,1H3. The maximum atomic E-state index is 14.0. The molecule has 1 aromatic carbocycles. The molecule has 3 aromatic rings. The molecule has 128 valence electrons. The van der Waals surface area contributed by atoms with Crippen LogP contribution in [0.1, 0.15) is 33.8 Å². The van der Waals surface area contributed by atoms with Gasteiger partial charge in [0.25, 0.3) is 5.91 Å². The van der Waals surface area contributed by atoms with Crippen LogP contribution in [0.3, 0.4) is 0 Å². The van der Waals surface area contributed by atoms with Crippen LogP contribution in [-0.2, 0) is 6.54 Å². The summed E-state index contributed by atoms with van der Waals surface area (Å²) in [5.74, 6) is -0.303. The third-order valence-electron chi connectivity index (χ3n) is 4.31. The van der Waals surface area contributed by atoms with Crippen molar-refractivity contribution in [2.75, 3.05) is 0 Å². The lowest BCUT2D eigenvalue weighted by Gasteiger charge is -2.22. The number of nitrogens with zero attached hydrogens (tertiary/aromatic N) is 2. The van der Waals surface area contributed by atoms with Gasteiger partial charge in [-0.3, -0.25) is 4.79 Å². The Hall–Kier alpha value is -2.05. The van der Waals surface area contributed by atoms with E-state index >= 15 is 0 Å². The highest BCUT2D eigenvalue weighted by Gasteiger charge is 2.35. The van der Waals surface area contributed by atoms with Crippen molar-refractivity contribution in [1.29, 1.82) is 0 Å². The fourth-order valence-electron chi connectivity index (χ4n) is 2.80. The molecule has 0 bridgehead atoms. The highest BCUT2D eigenvalue weighted by Crippen LogP contribution is 2.34. The first-order valence-corrected chi connectivity index (χ1v) is 9.94. The van der Waals surface area contributed by atoms with E-state index in [4.69, 9.17) is 0 Å². The largest absolute Gasteiger partial charge is 0.330 e. The average Bonchev–Trinajstić information content (AvgIpc) is 3.14. The second-order valence-corrected chi connectivity index (χ2v) is 7.98. The molecule has 0 saturated heterocycles. The zero-order chi connectivity index (χ0) is 17.4. The zero-order valence-electron chi connectivity index (χ0n) is 13.7. The van der Waals surface area contributed by atoms with Crippen LogP contribution in [0.25, 0.3) is 10.6 Å². The number of benzene rings is 1. The van der Waals surface area contributed by atoms with Gasteiger partial charge in [0.15, 0.2) is 0 Å². The number of aromatic nitrogens is 1. The first-order chi connectivity index (χ1) is 12.1. The summed E-state index contributed by atoms with van der Waals surface area (Å²) in [6, 6.07) is 8.88. The molecule has 2 aromatic heterocycles. The van der Waals surface area contributed by atoms with E-state index in [2.05, 4.69) is 4.98 Å². The number of rotatable bonds is 5. The second kappa shape index (κ2) is 6.69. The van der Waals surface area contributed by atoms with Crippen LogP contribution in [-0.4, -0.2) is 21.8 Å².